The predicted molar refractivity (Wildman–Crippen MR) is 73.0 cm³/mol. The average Bonchev–Trinajstić information content (AvgIpc) is 2.95. The zero-order valence-electron chi connectivity index (χ0n) is 9.87. The summed E-state index contributed by atoms with van der Waals surface area (Å²) in [5, 5.41) is 5.54. The third kappa shape index (κ3) is 3.75. The minimum absolute atomic E-state index is 0.904. The van der Waals surface area contributed by atoms with Gasteiger partial charge in [-0.25, -0.2) is 4.98 Å². The van der Waals surface area contributed by atoms with Crippen molar-refractivity contribution in [2.24, 2.45) is 0 Å². The van der Waals surface area contributed by atoms with Gasteiger partial charge in [0, 0.05) is 28.6 Å². The van der Waals surface area contributed by atoms with Crippen molar-refractivity contribution in [2.75, 3.05) is 6.54 Å². The summed E-state index contributed by atoms with van der Waals surface area (Å²) < 4.78 is 0. The van der Waals surface area contributed by atoms with Crippen LogP contribution in [0, 0.1) is 0 Å². The molecule has 1 saturated carbocycles. The van der Waals surface area contributed by atoms with Crippen LogP contribution in [0.5, 0.6) is 0 Å². The molecule has 0 bridgehead atoms. The Balaban J connectivity index is 1.73. The maximum Gasteiger partial charge on any atom is 0.103 e. The molecule has 1 aliphatic carbocycles. The molecule has 1 heterocycles. The van der Waals surface area contributed by atoms with Crippen LogP contribution in [0.25, 0.3) is 0 Å². The van der Waals surface area contributed by atoms with Crippen LogP contribution in [-0.4, -0.2) is 16.8 Å². The van der Waals surface area contributed by atoms with Gasteiger partial charge in [-0.05, 0) is 19.4 Å². The molecule has 16 heavy (non-hydrogen) atoms. The molecule has 0 aliphatic heterocycles. The van der Waals surface area contributed by atoms with Crippen molar-refractivity contribution in [3.05, 3.63) is 16.1 Å². The van der Waals surface area contributed by atoms with Crippen LogP contribution in [0.1, 0.15) is 42.5 Å². The third-order valence-electron chi connectivity index (χ3n) is 2.90. The van der Waals surface area contributed by atoms with E-state index in [-0.39, 0.29) is 0 Å². The highest BCUT2D eigenvalue weighted by Crippen LogP contribution is 2.32. The van der Waals surface area contributed by atoms with E-state index in [2.05, 4.69) is 29.0 Å². The number of nitrogens with one attached hydrogen (secondary N) is 1. The standard InChI is InChI=1S/C12H20N2S2/c1-2-13-7-11-8-14-12(16-11)9-15-10-5-3-4-6-10/h8,10,13H,2-7,9H2,1H3. The lowest BCUT2D eigenvalue weighted by Gasteiger charge is -2.05. The van der Waals surface area contributed by atoms with Crippen LogP contribution in [0.15, 0.2) is 6.20 Å². The van der Waals surface area contributed by atoms with Crippen molar-refractivity contribution < 1.29 is 0 Å². The van der Waals surface area contributed by atoms with Crippen molar-refractivity contribution in [3.8, 4) is 0 Å². The molecule has 1 N–H and O–H groups in total. The SMILES string of the molecule is CCNCc1cnc(CSC2CCCC2)s1. The molecule has 4 heteroatoms. The van der Waals surface area contributed by atoms with Gasteiger partial charge >= 0.3 is 0 Å². The molecule has 2 rings (SSSR count). The summed E-state index contributed by atoms with van der Waals surface area (Å²) in [5.41, 5.74) is 0. The van der Waals surface area contributed by atoms with E-state index in [1.807, 2.05) is 17.5 Å². The smallest absolute Gasteiger partial charge is 0.103 e. The Labute approximate surface area is 106 Å². The maximum atomic E-state index is 4.49. The molecule has 1 aliphatic rings. The van der Waals surface area contributed by atoms with Crippen LogP contribution in [-0.2, 0) is 12.3 Å². The second kappa shape index (κ2) is 6.62. The van der Waals surface area contributed by atoms with Gasteiger partial charge in [-0.1, -0.05) is 19.8 Å². The number of rotatable bonds is 6. The summed E-state index contributed by atoms with van der Waals surface area (Å²) in [6.07, 6.45) is 7.72. The van der Waals surface area contributed by atoms with Crippen LogP contribution in [0.2, 0.25) is 0 Å². The summed E-state index contributed by atoms with van der Waals surface area (Å²) >= 11 is 3.96. The number of thiazole rings is 1. The molecular formula is C12H20N2S2. The first-order chi connectivity index (χ1) is 7.88. The van der Waals surface area contributed by atoms with Gasteiger partial charge in [0.15, 0.2) is 0 Å². The Hall–Kier alpha value is -0.0600. The van der Waals surface area contributed by atoms with Crippen LogP contribution in [0.3, 0.4) is 0 Å². The Morgan fingerprint density at radius 2 is 2.31 bits per heavy atom. The first kappa shape index (κ1) is 12.4. The minimum Gasteiger partial charge on any atom is -0.312 e. The average molecular weight is 256 g/mol. The molecule has 0 unspecified atom stereocenters. The maximum absolute atomic E-state index is 4.49. The fourth-order valence-corrected chi connectivity index (χ4v) is 4.24. The number of thioether (sulfide) groups is 1. The molecule has 90 valence electrons. The fourth-order valence-electron chi connectivity index (χ4n) is 1.99. The first-order valence-electron chi connectivity index (χ1n) is 6.14. The number of hydrogen-bond donors (Lipinski definition) is 1. The number of hydrogen-bond acceptors (Lipinski definition) is 4. The zero-order chi connectivity index (χ0) is 11.2. The molecular weight excluding hydrogens is 236 g/mol. The van der Waals surface area contributed by atoms with E-state index in [9.17, 15) is 0 Å². The normalized spacial score (nSPS) is 17.1. The van der Waals surface area contributed by atoms with E-state index in [0.717, 1.165) is 24.1 Å². The van der Waals surface area contributed by atoms with E-state index in [0.29, 0.717) is 0 Å². The molecule has 2 nitrogen and oxygen atoms in total. The number of aromatic nitrogens is 1. The lowest BCUT2D eigenvalue weighted by atomic mass is 10.4. The van der Waals surface area contributed by atoms with Crippen molar-refractivity contribution >= 4 is 23.1 Å². The van der Waals surface area contributed by atoms with Crippen molar-refractivity contribution in [1.29, 1.82) is 0 Å². The molecule has 0 radical (unpaired) electrons. The van der Waals surface area contributed by atoms with Gasteiger partial charge in [0.05, 0.1) is 0 Å². The zero-order valence-corrected chi connectivity index (χ0v) is 11.5. The van der Waals surface area contributed by atoms with Crippen LogP contribution >= 0.6 is 23.1 Å². The largest absolute Gasteiger partial charge is 0.312 e. The second-order valence-electron chi connectivity index (χ2n) is 4.22. The summed E-state index contributed by atoms with van der Waals surface area (Å²) in [7, 11) is 0. The molecule has 0 atom stereocenters. The molecule has 0 spiro atoms. The van der Waals surface area contributed by atoms with Gasteiger partial charge in [0.25, 0.3) is 0 Å². The van der Waals surface area contributed by atoms with Gasteiger partial charge in [0.2, 0.25) is 0 Å². The highest BCUT2D eigenvalue weighted by molar-refractivity contribution is 7.99. The van der Waals surface area contributed by atoms with Crippen molar-refractivity contribution in [1.82, 2.24) is 10.3 Å². The first-order valence-corrected chi connectivity index (χ1v) is 8.01. The third-order valence-corrected chi connectivity index (χ3v) is 5.46. The Bertz CT molecular complexity index is 306. The van der Waals surface area contributed by atoms with Crippen LogP contribution < -0.4 is 5.32 Å². The monoisotopic (exact) mass is 256 g/mol. The molecule has 0 amide bonds. The van der Waals surface area contributed by atoms with Gasteiger partial charge in [-0.3, -0.25) is 0 Å². The van der Waals surface area contributed by atoms with Gasteiger partial charge < -0.3 is 5.32 Å². The Morgan fingerprint density at radius 3 is 3.06 bits per heavy atom. The topological polar surface area (TPSA) is 24.9 Å². The van der Waals surface area contributed by atoms with Gasteiger partial charge in [-0.15, -0.1) is 11.3 Å². The molecule has 1 aromatic rings. The molecule has 1 aromatic heterocycles. The highest BCUT2D eigenvalue weighted by atomic mass is 32.2. The van der Waals surface area contributed by atoms with Crippen molar-refractivity contribution in [3.63, 3.8) is 0 Å². The summed E-state index contributed by atoms with van der Waals surface area (Å²) in [4.78, 5) is 5.85. The number of nitrogens with zero attached hydrogens (tertiary/aromatic N) is 1. The van der Waals surface area contributed by atoms with E-state index in [4.69, 9.17) is 0 Å². The lowest BCUT2D eigenvalue weighted by Crippen LogP contribution is -2.10. The van der Waals surface area contributed by atoms with Gasteiger partial charge in [-0.2, -0.15) is 11.8 Å². The Kier molecular flexibility index (Phi) is 5.13. The van der Waals surface area contributed by atoms with Crippen LogP contribution in [0.4, 0.5) is 0 Å². The predicted octanol–water partition coefficient (Wildman–Crippen LogP) is 3.43. The van der Waals surface area contributed by atoms with E-state index in [1.165, 1.54) is 35.6 Å². The minimum atomic E-state index is 0.904. The lowest BCUT2D eigenvalue weighted by molar-refractivity contribution is 0.734. The quantitative estimate of drug-likeness (QED) is 0.844. The fraction of sp³-hybridized carbons (Fsp3) is 0.750. The van der Waals surface area contributed by atoms with Crippen molar-refractivity contribution in [2.45, 2.75) is 50.2 Å². The van der Waals surface area contributed by atoms with E-state index < -0.39 is 0 Å². The summed E-state index contributed by atoms with van der Waals surface area (Å²) in [6, 6.07) is 0. The highest BCUT2D eigenvalue weighted by Gasteiger charge is 2.15. The second-order valence-corrected chi connectivity index (χ2v) is 6.71. The Morgan fingerprint density at radius 1 is 1.50 bits per heavy atom. The van der Waals surface area contributed by atoms with Gasteiger partial charge in [0.1, 0.15) is 5.01 Å². The van der Waals surface area contributed by atoms with E-state index in [1.54, 1.807) is 0 Å². The summed E-state index contributed by atoms with van der Waals surface area (Å²) in [5.74, 6) is 1.11. The molecule has 0 aromatic carbocycles. The molecule has 1 fully saturated rings. The summed E-state index contributed by atoms with van der Waals surface area (Å²) in [6.45, 7) is 4.14. The molecule has 0 saturated heterocycles. The van der Waals surface area contributed by atoms with E-state index >= 15 is 0 Å².